The number of carbonyl (C=O) groups excluding carboxylic acids is 1. The molecule has 2 amide bonds. The van der Waals surface area contributed by atoms with Crippen LogP contribution in [0.25, 0.3) is 0 Å². The van der Waals surface area contributed by atoms with Gasteiger partial charge in [0, 0.05) is 18.1 Å². The molecule has 0 atom stereocenters. The fraction of sp³-hybridized carbons (Fsp3) is 0. The molecule has 0 aliphatic rings. The van der Waals surface area contributed by atoms with Gasteiger partial charge in [0.15, 0.2) is 11.6 Å². The van der Waals surface area contributed by atoms with Gasteiger partial charge in [-0.25, -0.2) is 9.78 Å². The van der Waals surface area contributed by atoms with E-state index in [9.17, 15) is 14.7 Å². The van der Waals surface area contributed by atoms with Gasteiger partial charge in [-0.05, 0) is 24.3 Å². The number of rotatable bonds is 2. The molecule has 96 valence electrons. The Morgan fingerprint density at radius 2 is 1.89 bits per heavy atom. The first-order chi connectivity index (χ1) is 9.15. The van der Waals surface area contributed by atoms with E-state index in [1.54, 1.807) is 0 Å². The summed E-state index contributed by atoms with van der Waals surface area (Å²) in [5.41, 5.74) is -0.166. The maximum atomic E-state index is 11.6. The van der Waals surface area contributed by atoms with Gasteiger partial charge >= 0.3 is 6.03 Å². The molecule has 0 fully saturated rings. The van der Waals surface area contributed by atoms with E-state index >= 15 is 0 Å². The Kier molecular flexibility index (Phi) is 3.67. The highest BCUT2D eigenvalue weighted by atomic mass is 16.3. The fourth-order valence-electron chi connectivity index (χ4n) is 1.28. The highest BCUT2D eigenvalue weighted by molar-refractivity contribution is 5.98. The minimum atomic E-state index is -0.529. The lowest BCUT2D eigenvalue weighted by Crippen LogP contribution is -2.19. The van der Waals surface area contributed by atoms with Crippen LogP contribution in [0.15, 0.2) is 47.7 Å². The molecule has 1 aromatic heterocycles. The molecule has 7 nitrogen and oxygen atoms in total. The van der Waals surface area contributed by atoms with E-state index in [0.29, 0.717) is 11.5 Å². The molecule has 3 N–H and O–H groups in total. The van der Waals surface area contributed by atoms with Crippen LogP contribution in [-0.4, -0.2) is 21.1 Å². The summed E-state index contributed by atoms with van der Waals surface area (Å²) in [6.07, 6.45) is 4.32. The van der Waals surface area contributed by atoms with Gasteiger partial charge in [-0.15, -0.1) is 0 Å². The van der Waals surface area contributed by atoms with Gasteiger partial charge in [-0.1, -0.05) is 0 Å². The van der Waals surface area contributed by atoms with Crippen LogP contribution in [0.2, 0.25) is 0 Å². The van der Waals surface area contributed by atoms with Crippen LogP contribution in [0.1, 0.15) is 0 Å². The van der Waals surface area contributed by atoms with Crippen molar-refractivity contribution in [2.24, 2.45) is 0 Å². The number of aromatic nitrogens is 2. The average Bonchev–Trinajstić information content (AvgIpc) is 2.55. The summed E-state index contributed by atoms with van der Waals surface area (Å²) >= 11 is 0. The summed E-state index contributed by atoms with van der Waals surface area (Å²) < 4.78 is 0. The number of hydrogen-bond donors (Lipinski definition) is 3. The highest BCUT2D eigenvalue weighted by Crippen LogP contribution is 2.08. The van der Waals surface area contributed by atoms with Crippen molar-refractivity contribution in [3.8, 4) is 5.75 Å². The Bertz CT molecular complexity index is 646. The molecule has 0 saturated carbocycles. The SMILES string of the molecule is O=C(Nc1ccc(O)c(=O)cc1)Nc1cnccn1. The van der Waals surface area contributed by atoms with Crippen molar-refractivity contribution in [1.29, 1.82) is 0 Å². The van der Waals surface area contributed by atoms with Crippen molar-refractivity contribution in [2.45, 2.75) is 0 Å². The van der Waals surface area contributed by atoms with E-state index in [1.165, 1.54) is 36.8 Å². The van der Waals surface area contributed by atoms with E-state index < -0.39 is 11.5 Å². The first-order valence-electron chi connectivity index (χ1n) is 5.32. The molecule has 2 rings (SSSR count). The molecule has 0 bridgehead atoms. The Morgan fingerprint density at radius 3 is 2.63 bits per heavy atom. The molecule has 0 saturated heterocycles. The topological polar surface area (TPSA) is 104 Å². The summed E-state index contributed by atoms with van der Waals surface area (Å²) in [7, 11) is 0. The number of anilines is 2. The summed E-state index contributed by atoms with van der Waals surface area (Å²) in [6.45, 7) is 0. The van der Waals surface area contributed by atoms with Crippen LogP contribution < -0.4 is 16.1 Å². The minimum Gasteiger partial charge on any atom is -0.504 e. The third-order valence-electron chi connectivity index (χ3n) is 2.15. The van der Waals surface area contributed by atoms with Gasteiger partial charge in [-0.2, -0.15) is 0 Å². The normalized spacial score (nSPS) is 9.68. The van der Waals surface area contributed by atoms with Crippen LogP contribution in [0, 0.1) is 0 Å². The number of nitrogens with zero attached hydrogens (tertiary/aromatic N) is 2. The maximum absolute atomic E-state index is 11.6. The van der Waals surface area contributed by atoms with Gasteiger partial charge in [0.2, 0.25) is 5.43 Å². The van der Waals surface area contributed by atoms with E-state index in [2.05, 4.69) is 20.6 Å². The summed E-state index contributed by atoms with van der Waals surface area (Å²) in [5.74, 6) is -0.0879. The lowest BCUT2D eigenvalue weighted by Gasteiger charge is -2.04. The molecule has 0 aliphatic heterocycles. The second-order valence-electron chi connectivity index (χ2n) is 3.54. The Morgan fingerprint density at radius 1 is 1.11 bits per heavy atom. The number of aromatic hydroxyl groups is 1. The second-order valence-corrected chi connectivity index (χ2v) is 3.54. The number of amides is 2. The van der Waals surface area contributed by atoms with Crippen molar-refractivity contribution >= 4 is 17.5 Å². The number of nitrogens with one attached hydrogen (secondary N) is 2. The quantitative estimate of drug-likeness (QED) is 0.750. The lowest BCUT2D eigenvalue weighted by atomic mass is 10.4. The van der Waals surface area contributed by atoms with Crippen molar-refractivity contribution in [1.82, 2.24) is 9.97 Å². The molecule has 19 heavy (non-hydrogen) atoms. The molecule has 1 heterocycles. The average molecular weight is 258 g/mol. The molecular formula is C12H10N4O3. The first-order valence-corrected chi connectivity index (χ1v) is 5.32. The van der Waals surface area contributed by atoms with Crippen molar-refractivity contribution in [3.63, 3.8) is 0 Å². The molecule has 0 radical (unpaired) electrons. The lowest BCUT2D eigenvalue weighted by molar-refractivity contribution is 0.262. The van der Waals surface area contributed by atoms with E-state index in [0.717, 1.165) is 6.07 Å². The molecule has 0 aliphatic carbocycles. The van der Waals surface area contributed by atoms with Crippen LogP contribution in [0.3, 0.4) is 0 Å². The van der Waals surface area contributed by atoms with Gasteiger partial charge in [-0.3, -0.25) is 15.1 Å². The summed E-state index contributed by atoms with van der Waals surface area (Å²) in [4.78, 5) is 30.4. The number of hydrogen-bond acceptors (Lipinski definition) is 5. The van der Waals surface area contributed by atoms with Crippen LogP contribution in [-0.2, 0) is 0 Å². The molecule has 0 spiro atoms. The summed E-state index contributed by atoms with van der Waals surface area (Å²) in [5, 5.41) is 14.2. The van der Waals surface area contributed by atoms with E-state index in [-0.39, 0.29) is 5.75 Å². The molecule has 1 aromatic carbocycles. The van der Waals surface area contributed by atoms with E-state index in [4.69, 9.17) is 0 Å². The van der Waals surface area contributed by atoms with E-state index in [1.807, 2.05) is 0 Å². The second kappa shape index (κ2) is 5.58. The predicted octanol–water partition coefficient (Wildman–Crippen LogP) is 1.19. The highest BCUT2D eigenvalue weighted by Gasteiger charge is 2.03. The zero-order chi connectivity index (χ0) is 13.7. The number of urea groups is 1. The van der Waals surface area contributed by atoms with Crippen LogP contribution in [0.5, 0.6) is 5.75 Å². The van der Waals surface area contributed by atoms with Crippen molar-refractivity contribution < 1.29 is 9.90 Å². The number of carbonyl (C=O) groups is 1. The standard InChI is InChI=1S/C12H10N4O3/c17-9-3-1-8(2-4-10(9)18)15-12(19)16-11-7-13-5-6-14-11/h1-7H,(H,17,18)(H2,14,15,16,19). The third kappa shape index (κ3) is 3.50. The molecular weight excluding hydrogens is 248 g/mol. The van der Waals surface area contributed by atoms with Gasteiger partial charge in [0.05, 0.1) is 6.20 Å². The molecule has 0 unspecified atom stereocenters. The monoisotopic (exact) mass is 258 g/mol. The zero-order valence-electron chi connectivity index (χ0n) is 9.70. The van der Waals surface area contributed by atoms with Crippen LogP contribution in [0.4, 0.5) is 16.3 Å². The Hall–Kier alpha value is -2.96. The van der Waals surface area contributed by atoms with Crippen LogP contribution >= 0.6 is 0 Å². The zero-order valence-corrected chi connectivity index (χ0v) is 9.70. The van der Waals surface area contributed by atoms with Gasteiger partial charge in [0.1, 0.15) is 0 Å². The Balaban J connectivity index is 2.08. The van der Waals surface area contributed by atoms with Crippen molar-refractivity contribution in [3.05, 3.63) is 53.1 Å². The molecule has 7 heteroatoms. The van der Waals surface area contributed by atoms with Crippen molar-refractivity contribution in [2.75, 3.05) is 10.6 Å². The molecule has 2 aromatic rings. The minimum absolute atomic E-state index is 0.299. The fourth-order valence-corrected chi connectivity index (χ4v) is 1.28. The largest absolute Gasteiger partial charge is 0.504 e. The smallest absolute Gasteiger partial charge is 0.324 e. The Labute approximate surface area is 108 Å². The predicted molar refractivity (Wildman–Crippen MR) is 69.1 cm³/mol. The van der Waals surface area contributed by atoms with Gasteiger partial charge in [0.25, 0.3) is 0 Å². The first kappa shape index (κ1) is 12.5. The maximum Gasteiger partial charge on any atom is 0.324 e. The third-order valence-corrected chi connectivity index (χ3v) is 2.15. The summed E-state index contributed by atoms with van der Waals surface area (Å²) in [6, 6.07) is 4.64. The van der Waals surface area contributed by atoms with Gasteiger partial charge < -0.3 is 10.4 Å².